The van der Waals surface area contributed by atoms with Crippen LogP contribution < -0.4 is 0 Å². The third-order valence-corrected chi connectivity index (χ3v) is 5.21. The van der Waals surface area contributed by atoms with Gasteiger partial charge in [-0.25, -0.2) is 0 Å². The largest absolute Gasteiger partial charge is 0.425 e. The highest BCUT2D eigenvalue weighted by atomic mass is 35.5. The Morgan fingerprint density at radius 1 is 1.03 bits per heavy atom. The van der Waals surface area contributed by atoms with Crippen LogP contribution in [-0.2, 0) is 11.9 Å². The summed E-state index contributed by atoms with van der Waals surface area (Å²) in [6.07, 6.45) is -4.56. The molecule has 154 valence electrons. The number of nitrogens with zero attached hydrogens (tertiary/aromatic N) is 5. The van der Waals surface area contributed by atoms with E-state index in [0.717, 1.165) is 17.8 Å². The second kappa shape index (κ2) is 8.11. The predicted molar refractivity (Wildman–Crippen MR) is 105 cm³/mol. The van der Waals surface area contributed by atoms with Crippen molar-refractivity contribution in [1.82, 2.24) is 25.0 Å². The number of aromatic nitrogens is 5. The number of benzene rings is 2. The van der Waals surface area contributed by atoms with Crippen molar-refractivity contribution in [3.63, 3.8) is 0 Å². The van der Waals surface area contributed by atoms with E-state index < -0.39 is 11.7 Å². The van der Waals surface area contributed by atoms with Crippen LogP contribution in [0.3, 0.4) is 0 Å². The lowest BCUT2D eigenvalue weighted by Crippen LogP contribution is -2.12. The van der Waals surface area contributed by atoms with E-state index in [-0.39, 0.29) is 22.4 Å². The molecule has 4 aromatic rings. The van der Waals surface area contributed by atoms with Crippen LogP contribution in [0, 0.1) is 6.92 Å². The zero-order valence-corrected chi connectivity index (χ0v) is 17.0. The van der Waals surface area contributed by atoms with Crippen LogP contribution in [0.15, 0.2) is 58.1 Å². The first kappa shape index (κ1) is 20.4. The van der Waals surface area contributed by atoms with Gasteiger partial charge >= 0.3 is 6.18 Å². The fourth-order valence-electron chi connectivity index (χ4n) is 2.83. The number of alkyl halides is 3. The Morgan fingerprint density at radius 2 is 1.83 bits per heavy atom. The van der Waals surface area contributed by atoms with Gasteiger partial charge in [0.2, 0.25) is 11.8 Å². The van der Waals surface area contributed by atoms with Gasteiger partial charge in [0.15, 0.2) is 11.0 Å². The fourth-order valence-corrected chi connectivity index (χ4v) is 3.80. The zero-order valence-electron chi connectivity index (χ0n) is 15.4. The molecular formula is C19H13ClF3N5OS. The molecule has 0 aliphatic rings. The van der Waals surface area contributed by atoms with Crippen molar-refractivity contribution in [2.24, 2.45) is 0 Å². The maximum Gasteiger partial charge on any atom is 0.418 e. The van der Waals surface area contributed by atoms with Gasteiger partial charge in [0.1, 0.15) is 0 Å². The Morgan fingerprint density at radius 3 is 2.53 bits per heavy atom. The molecule has 0 saturated heterocycles. The molecule has 0 amide bonds. The molecule has 0 atom stereocenters. The van der Waals surface area contributed by atoms with Gasteiger partial charge in [-0.05, 0) is 24.3 Å². The Kier molecular flexibility index (Phi) is 5.52. The molecule has 0 bridgehead atoms. The third kappa shape index (κ3) is 4.19. The summed E-state index contributed by atoms with van der Waals surface area (Å²) in [5, 5.41) is 16.6. The van der Waals surface area contributed by atoms with Crippen molar-refractivity contribution in [3.8, 4) is 17.1 Å². The van der Waals surface area contributed by atoms with Gasteiger partial charge in [-0.1, -0.05) is 47.6 Å². The quantitative estimate of drug-likeness (QED) is 0.368. The van der Waals surface area contributed by atoms with Crippen molar-refractivity contribution in [2.45, 2.75) is 24.0 Å². The number of hydrogen-bond acceptors (Lipinski definition) is 6. The third-order valence-electron chi connectivity index (χ3n) is 4.06. The molecule has 4 rings (SSSR count). The van der Waals surface area contributed by atoms with Gasteiger partial charge < -0.3 is 4.42 Å². The normalized spacial score (nSPS) is 11.8. The van der Waals surface area contributed by atoms with E-state index in [0.29, 0.717) is 22.4 Å². The number of rotatable bonds is 5. The highest BCUT2D eigenvalue weighted by molar-refractivity contribution is 7.98. The first-order chi connectivity index (χ1) is 14.3. The molecule has 0 saturated carbocycles. The van der Waals surface area contributed by atoms with Gasteiger partial charge in [0, 0.05) is 17.5 Å². The standard InChI is InChI=1S/C19H13ClF3N5OS/c1-11-24-25-16(29-11)10-30-18-27-26-17(12-5-4-6-13(20)9-12)28(18)15-8-3-2-7-14(15)19(21,22)23/h2-9H,10H2,1H3. The molecule has 0 aliphatic carbocycles. The molecule has 30 heavy (non-hydrogen) atoms. The van der Waals surface area contributed by atoms with Crippen LogP contribution in [0.1, 0.15) is 17.3 Å². The van der Waals surface area contributed by atoms with E-state index in [1.54, 1.807) is 31.2 Å². The Labute approximate surface area is 178 Å². The van der Waals surface area contributed by atoms with E-state index in [1.165, 1.54) is 22.8 Å². The zero-order chi connectivity index (χ0) is 21.3. The summed E-state index contributed by atoms with van der Waals surface area (Å²) in [5.41, 5.74) is -0.356. The molecule has 11 heteroatoms. The van der Waals surface area contributed by atoms with E-state index in [1.807, 2.05) is 0 Å². The monoisotopic (exact) mass is 451 g/mol. The highest BCUT2D eigenvalue weighted by Crippen LogP contribution is 2.38. The van der Waals surface area contributed by atoms with Crippen LogP contribution >= 0.6 is 23.4 Å². The number of hydrogen-bond donors (Lipinski definition) is 0. The van der Waals surface area contributed by atoms with Gasteiger partial charge in [0.05, 0.1) is 17.0 Å². The average Bonchev–Trinajstić information content (AvgIpc) is 3.31. The van der Waals surface area contributed by atoms with Crippen molar-refractivity contribution < 1.29 is 17.6 Å². The van der Waals surface area contributed by atoms with Crippen LogP contribution in [0.2, 0.25) is 5.02 Å². The fraction of sp³-hybridized carbons (Fsp3) is 0.158. The number of thioether (sulfide) groups is 1. The molecule has 2 aromatic carbocycles. The predicted octanol–water partition coefficient (Wildman–Crippen LogP) is 5.59. The van der Waals surface area contributed by atoms with Crippen LogP contribution in [0.5, 0.6) is 0 Å². The van der Waals surface area contributed by atoms with Gasteiger partial charge in [-0.2, -0.15) is 13.2 Å². The smallest absolute Gasteiger partial charge is 0.418 e. The van der Waals surface area contributed by atoms with E-state index in [9.17, 15) is 13.2 Å². The van der Waals surface area contributed by atoms with E-state index >= 15 is 0 Å². The van der Waals surface area contributed by atoms with Crippen molar-refractivity contribution in [3.05, 3.63) is 70.9 Å². The average molecular weight is 452 g/mol. The minimum absolute atomic E-state index is 0.0887. The van der Waals surface area contributed by atoms with Crippen LogP contribution in [-0.4, -0.2) is 25.0 Å². The molecular weight excluding hydrogens is 439 g/mol. The first-order valence-corrected chi connectivity index (χ1v) is 9.99. The lowest BCUT2D eigenvalue weighted by atomic mass is 10.1. The minimum Gasteiger partial charge on any atom is -0.425 e. The molecule has 0 spiro atoms. The van der Waals surface area contributed by atoms with Gasteiger partial charge in [0.25, 0.3) is 0 Å². The summed E-state index contributed by atoms with van der Waals surface area (Å²) in [5.74, 6) is 1.19. The lowest BCUT2D eigenvalue weighted by Gasteiger charge is -2.16. The maximum atomic E-state index is 13.7. The summed E-state index contributed by atoms with van der Waals surface area (Å²) < 4.78 is 47.8. The van der Waals surface area contributed by atoms with E-state index in [4.69, 9.17) is 16.0 Å². The van der Waals surface area contributed by atoms with Crippen LogP contribution in [0.4, 0.5) is 13.2 Å². The number of para-hydroxylation sites is 1. The van der Waals surface area contributed by atoms with Crippen molar-refractivity contribution >= 4 is 23.4 Å². The van der Waals surface area contributed by atoms with E-state index in [2.05, 4.69) is 20.4 Å². The van der Waals surface area contributed by atoms with Gasteiger partial charge in [-0.15, -0.1) is 20.4 Å². The topological polar surface area (TPSA) is 69.6 Å². The van der Waals surface area contributed by atoms with Crippen LogP contribution in [0.25, 0.3) is 17.1 Å². The maximum absolute atomic E-state index is 13.7. The summed E-state index contributed by atoms with van der Waals surface area (Å²) in [6.45, 7) is 1.65. The van der Waals surface area contributed by atoms with Gasteiger partial charge in [-0.3, -0.25) is 4.57 Å². The highest BCUT2D eigenvalue weighted by Gasteiger charge is 2.35. The Bertz CT molecular complexity index is 1190. The molecule has 0 aliphatic heterocycles. The lowest BCUT2D eigenvalue weighted by molar-refractivity contribution is -0.137. The number of aryl methyl sites for hydroxylation is 1. The molecule has 2 heterocycles. The second-order valence-electron chi connectivity index (χ2n) is 6.17. The molecule has 6 nitrogen and oxygen atoms in total. The molecule has 0 radical (unpaired) electrons. The molecule has 0 fully saturated rings. The molecule has 0 N–H and O–H groups in total. The Hall–Kier alpha value is -2.85. The molecule has 2 aromatic heterocycles. The summed E-state index contributed by atoms with van der Waals surface area (Å²) >= 11 is 7.22. The van der Waals surface area contributed by atoms with Crippen molar-refractivity contribution in [1.29, 1.82) is 0 Å². The first-order valence-electron chi connectivity index (χ1n) is 8.62. The summed E-state index contributed by atoms with van der Waals surface area (Å²) in [7, 11) is 0. The summed E-state index contributed by atoms with van der Waals surface area (Å²) in [6, 6.07) is 12.0. The minimum atomic E-state index is -4.56. The van der Waals surface area contributed by atoms with Crippen molar-refractivity contribution in [2.75, 3.05) is 0 Å². The number of halogens is 4. The SMILES string of the molecule is Cc1nnc(CSc2nnc(-c3cccc(Cl)c3)n2-c2ccccc2C(F)(F)F)o1. The molecule has 0 unspecified atom stereocenters. The summed E-state index contributed by atoms with van der Waals surface area (Å²) in [4.78, 5) is 0. The Balaban J connectivity index is 1.85. The second-order valence-corrected chi connectivity index (χ2v) is 7.55.